The third-order valence-electron chi connectivity index (χ3n) is 5.60. The van der Waals surface area contributed by atoms with E-state index in [-0.39, 0.29) is 12.5 Å². The van der Waals surface area contributed by atoms with Crippen LogP contribution < -0.4 is 4.90 Å². The fourth-order valence-electron chi connectivity index (χ4n) is 4.28. The van der Waals surface area contributed by atoms with Crippen molar-refractivity contribution in [2.75, 3.05) is 31.8 Å². The molecule has 31 heavy (non-hydrogen) atoms. The molecule has 0 bridgehead atoms. The minimum absolute atomic E-state index is 0.213. The molecule has 0 saturated carbocycles. The van der Waals surface area contributed by atoms with Crippen LogP contribution in [0.25, 0.3) is 11.0 Å². The molecular formula is C24H27N3O4. The minimum Gasteiger partial charge on any atom is -0.465 e. The molecule has 0 spiro atoms. The minimum atomic E-state index is -0.991. The highest BCUT2D eigenvalue weighted by Gasteiger charge is 2.47. The summed E-state index contributed by atoms with van der Waals surface area (Å²) in [5, 5.41) is 0. The summed E-state index contributed by atoms with van der Waals surface area (Å²) in [4.78, 5) is 33.1. The van der Waals surface area contributed by atoms with Crippen LogP contribution in [0.2, 0.25) is 0 Å². The largest absolute Gasteiger partial charge is 0.465 e. The van der Waals surface area contributed by atoms with Crippen LogP contribution in [0.4, 0.5) is 5.95 Å². The molecule has 0 N–H and O–H groups in total. The summed E-state index contributed by atoms with van der Waals surface area (Å²) in [6, 6.07) is 15.1. The smallest absolute Gasteiger partial charge is 0.321 e. The van der Waals surface area contributed by atoms with Crippen LogP contribution in [0, 0.1) is 12.8 Å². The van der Waals surface area contributed by atoms with Crippen LogP contribution >= 0.6 is 0 Å². The Morgan fingerprint density at radius 2 is 1.97 bits per heavy atom. The number of amides is 1. The SMILES string of the molecule is CCOC(=O)[C@@H]1C(=O)N(CCCOC)c2nc3ccccc3n2[C@H]1c1cccc(C)c1. The molecule has 0 saturated heterocycles. The maximum absolute atomic E-state index is 13.7. The quantitative estimate of drug-likeness (QED) is 0.332. The summed E-state index contributed by atoms with van der Waals surface area (Å²) in [7, 11) is 1.63. The summed E-state index contributed by atoms with van der Waals surface area (Å²) in [6.45, 7) is 4.88. The fourth-order valence-corrected chi connectivity index (χ4v) is 4.28. The summed E-state index contributed by atoms with van der Waals surface area (Å²) < 4.78 is 12.6. The molecule has 1 aliphatic rings. The predicted molar refractivity (Wildman–Crippen MR) is 118 cm³/mol. The van der Waals surface area contributed by atoms with Gasteiger partial charge < -0.3 is 14.0 Å². The van der Waals surface area contributed by atoms with E-state index in [2.05, 4.69) is 0 Å². The van der Waals surface area contributed by atoms with Crippen molar-refractivity contribution in [3.8, 4) is 0 Å². The van der Waals surface area contributed by atoms with Crippen LogP contribution in [0.5, 0.6) is 0 Å². The van der Waals surface area contributed by atoms with Crippen molar-refractivity contribution in [3.63, 3.8) is 0 Å². The van der Waals surface area contributed by atoms with Crippen molar-refractivity contribution in [1.82, 2.24) is 9.55 Å². The first-order valence-corrected chi connectivity index (χ1v) is 10.6. The topological polar surface area (TPSA) is 73.7 Å². The molecule has 1 aromatic heterocycles. The van der Waals surface area contributed by atoms with E-state index < -0.39 is 17.9 Å². The number of fused-ring (bicyclic) bond motifs is 3. The van der Waals surface area contributed by atoms with E-state index in [0.29, 0.717) is 25.5 Å². The van der Waals surface area contributed by atoms with Crippen LogP contribution in [0.15, 0.2) is 48.5 Å². The van der Waals surface area contributed by atoms with Crippen molar-refractivity contribution in [1.29, 1.82) is 0 Å². The Hall–Kier alpha value is -3.19. The maximum Gasteiger partial charge on any atom is 0.321 e. The number of methoxy groups -OCH3 is 1. The molecule has 4 rings (SSSR count). The van der Waals surface area contributed by atoms with Crippen molar-refractivity contribution >= 4 is 28.9 Å². The Balaban J connectivity index is 1.94. The van der Waals surface area contributed by atoms with Gasteiger partial charge in [-0.15, -0.1) is 0 Å². The first-order chi connectivity index (χ1) is 15.1. The van der Waals surface area contributed by atoms with Crippen LogP contribution in [0.3, 0.4) is 0 Å². The van der Waals surface area contributed by atoms with Gasteiger partial charge in [-0.1, -0.05) is 42.0 Å². The van der Waals surface area contributed by atoms with Crippen LogP contribution in [0.1, 0.15) is 30.5 Å². The molecule has 0 radical (unpaired) electrons. The van der Waals surface area contributed by atoms with Gasteiger partial charge in [-0.2, -0.15) is 0 Å². The zero-order valence-corrected chi connectivity index (χ0v) is 18.1. The second-order valence-corrected chi connectivity index (χ2v) is 7.70. The molecule has 0 fully saturated rings. The number of esters is 1. The van der Waals surface area contributed by atoms with Gasteiger partial charge in [-0.25, -0.2) is 4.98 Å². The highest BCUT2D eigenvalue weighted by Crippen LogP contribution is 2.41. The molecule has 1 aliphatic heterocycles. The second-order valence-electron chi connectivity index (χ2n) is 7.70. The number of benzene rings is 2. The number of aryl methyl sites for hydroxylation is 1. The lowest BCUT2D eigenvalue weighted by Crippen LogP contribution is -2.50. The number of hydrogen-bond donors (Lipinski definition) is 0. The van der Waals surface area contributed by atoms with Crippen molar-refractivity contribution in [3.05, 3.63) is 59.7 Å². The summed E-state index contributed by atoms with van der Waals surface area (Å²) in [5.41, 5.74) is 3.60. The molecule has 2 aromatic carbocycles. The average Bonchev–Trinajstić information content (AvgIpc) is 3.14. The van der Waals surface area contributed by atoms with E-state index in [1.807, 2.05) is 60.0 Å². The number of ether oxygens (including phenoxy) is 2. The molecule has 0 unspecified atom stereocenters. The van der Waals surface area contributed by atoms with Gasteiger partial charge in [0.05, 0.1) is 23.7 Å². The zero-order chi connectivity index (χ0) is 22.0. The number of nitrogens with zero attached hydrogens (tertiary/aromatic N) is 3. The number of carbonyl (C=O) groups excluding carboxylic acids is 2. The monoisotopic (exact) mass is 421 g/mol. The third-order valence-corrected chi connectivity index (χ3v) is 5.60. The van der Waals surface area contributed by atoms with E-state index in [9.17, 15) is 9.59 Å². The Morgan fingerprint density at radius 1 is 1.16 bits per heavy atom. The van der Waals surface area contributed by atoms with Crippen LogP contribution in [-0.2, 0) is 19.1 Å². The summed E-state index contributed by atoms with van der Waals surface area (Å²) in [5.74, 6) is -1.24. The number of anilines is 1. The van der Waals surface area contributed by atoms with E-state index in [1.54, 1.807) is 18.9 Å². The number of para-hydroxylation sites is 2. The molecule has 2 heterocycles. The van der Waals surface area contributed by atoms with E-state index in [0.717, 1.165) is 22.2 Å². The Kier molecular flexibility index (Phi) is 6.04. The van der Waals surface area contributed by atoms with Gasteiger partial charge in [0.15, 0.2) is 5.92 Å². The van der Waals surface area contributed by atoms with Crippen molar-refractivity contribution in [2.45, 2.75) is 26.3 Å². The molecule has 2 atom stereocenters. The lowest BCUT2D eigenvalue weighted by atomic mass is 9.88. The Morgan fingerprint density at radius 3 is 2.71 bits per heavy atom. The van der Waals surface area contributed by atoms with Gasteiger partial charge >= 0.3 is 5.97 Å². The summed E-state index contributed by atoms with van der Waals surface area (Å²) >= 11 is 0. The first-order valence-electron chi connectivity index (χ1n) is 10.6. The molecule has 7 nitrogen and oxygen atoms in total. The number of rotatable bonds is 7. The lowest BCUT2D eigenvalue weighted by Gasteiger charge is -2.38. The van der Waals surface area contributed by atoms with Gasteiger partial charge in [-0.05, 0) is 38.0 Å². The first kappa shape index (κ1) is 21.1. The normalized spacial score (nSPS) is 18.3. The molecular weight excluding hydrogens is 394 g/mol. The van der Waals surface area contributed by atoms with Gasteiger partial charge in [-0.3, -0.25) is 14.5 Å². The summed E-state index contributed by atoms with van der Waals surface area (Å²) in [6.07, 6.45) is 0.635. The number of imidazole rings is 1. The Bertz CT molecular complexity index is 1110. The van der Waals surface area contributed by atoms with E-state index in [4.69, 9.17) is 14.5 Å². The molecule has 3 aromatic rings. The maximum atomic E-state index is 13.7. The van der Waals surface area contributed by atoms with E-state index in [1.165, 1.54) is 0 Å². The number of carbonyl (C=O) groups is 2. The Labute approximate surface area is 181 Å². The average molecular weight is 421 g/mol. The van der Waals surface area contributed by atoms with Crippen LogP contribution in [-0.4, -0.2) is 48.3 Å². The van der Waals surface area contributed by atoms with Gasteiger partial charge in [0.25, 0.3) is 0 Å². The van der Waals surface area contributed by atoms with Gasteiger partial charge in [0.2, 0.25) is 11.9 Å². The highest BCUT2D eigenvalue weighted by atomic mass is 16.5. The highest BCUT2D eigenvalue weighted by molar-refractivity contribution is 6.08. The van der Waals surface area contributed by atoms with Crippen molar-refractivity contribution in [2.24, 2.45) is 5.92 Å². The predicted octanol–water partition coefficient (Wildman–Crippen LogP) is 3.50. The standard InChI is InChI=1S/C24H27N3O4/c1-4-31-23(29)20-21(17-10-7-9-16(2)15-17)27-19-12-6-5-11-18(19)25-24(27)26(22(20)28)13-8-14-30-3/h5-7,9-12,15,20-21H,4,8,13-14H2,1-3H3/t20-,21-/m0/s1. The lowest BCUT2D eigenvalue weighted by molar-refractivity contribution is -0.153. The number of hydrogen-bond acceptors (Lipinski definition) is 5. The van der Waals surface area contributed by atoms with Crippen molar-refractivity contribution < 1.29 is 19.1 Å². The number of aromatic nitrogens is 2. The van der Waals surface area contributed by atoms with E-state index >= 15 is 0 Å². The molecule has 162 valence electrons. The fraction of sp³-hybridized carbons (Fsp3) is 0.375. The van der Waals surface area contributed by atoms with Gasteiger partial charge in [0.1, 0.15) is 0 Å². The van der Waals surface area contributed by atoms with Gasteiger partial charge in [0, 0.05) is 20.3 Å². The molecule has 7 heteroatoms. The molecule has 1 amide bonds. The zero-order valence-electron chi connectivity index (χ0n) is 18.1. The second kappa shape index (κ2) is 8.89. The molecule has 0 aliphatic carbocycles. The third kappa shape index (κ3) is 3.81.